The fourth-order valence-electron chi connectivity index (χ4n) is 2.77. The Morgan fingerprint density at radius 1 is 1.42 bits per heavy atom. The molecule has 26 heavy (non-hydrogen) atoms. The highest BCUT2D eigenvalue weighted by Gasteiger charge is 2.24. The Kier molecular flexibility index (Phi) is 7.40. The van der Waals surface area contributed by atoms with Crippen molar-refractivity contribution in [2.75, 3.05) is 26.8 Å². The van der Waals surface area contributed by atoms with E-state index in [1.54, 1.807) is 18.4 Å². The monoisotopic (exact) mass is 397 g/mol. The van der Waals surface area contributed by atoms with E-state index in [9.17, 15) is 4.79 Å². The summed E-state index contributed by atoms with van der Waals surface area (Å²) < 4.78 is 10.7. The Morgan fingerprint density at radius 2 is 2.15 bits per heavy atom. The summed E-state index contributed by atoms with van der Waals surface area (Å²) in [6.45, 7) is 5.86. The van der Waals surface area contributed by atoms with Crippen molar-refractivity contribution in [3.63, 3.8) is 0 Å². The first-order valence-electron chi connectivity index (χ1n) is 8.33. The van der Waals surface area contributed by atoms with Crippen LogP contribution in [0.2, 0.25) is 0 Å². The highest BCUT2D eigenvalue weighted by molar-refractivity contribution is 7.15. The third-order valence-electron chi connectivity index (χ3n) is 4.14. The molecular formula is C18H24ClN3O3S. The number of carbonyl (C=O) groups is 1. The molecule has 1 aromatic carbocycles. The van der Waals surface area contributed by atoms with E-state index in [-0.39, 0.29) is 24.4 Å². The second kappa shape index (κ2) is 9.32. The molecule has 1 saturated heterocycles. The third-order valence-corrected chi connectivity index (χ3v) is 5.53. The highest BCUT2D eigenvalue weighted by Crippen LogP contribution is 2.32. The van der Waals surface area contributed by atoms with E-state index >= 15 is 0 Å². The quantitative estimate of drug-likeness (QED) is 0.811. The number of nitrogens with one attached hydrogen (secondary N) is 2. The van der Waals surface area contributed by atoms with Gasteiger partial charge in [-0.1, -0.05) is 0 Å². The van der Waals surface area contributed by atoms with E-state index in [0.717, 1.165) is 33.4 Å². The molecule has 2 atom stereocenters. The zero-order valence-electron chi connectivity index (χ0n) is 15.1. The predicted octanol–water partition coefficient (Wildman–Crippen LogP) is 2.71. The second-order valence-corrected chi connectivity index (χ2v) is 7.02. The van der Waals surface area contributed by atoms with Gasteiger partial charge in [-0.2, -0.15) is 0 Å². The number of rotatable bonds is 5. The summed E-state index contributed by atoms with van der Waals surface area (Å²) in [7, 11) is 1.65. The van der Waals surface area contributed by atoms with E-state index in [4.69, 9.17) is 9.47 Å². The van der Waals surface area contributed by atoms with Gasteiger partial charge in [0.05, 0.1) is 30.3 Å². The van der Waals surface area contributed by atoms with Gasteiger partial charge in [-0.25, -0.2) is 4.98 Å². The standard InChI is InChI=1S/C18H23N3O3S.ClH/c1-11(20-17(22)15-10-19-8-9-24-15)16-12(2)21-18(25-16)13-4-6-14(23-3)7-5-13;/h4-7,11,15,19H,8-10H2,1-3H3,(H,20,22);1H. The maximum absolute atomic E-state index is 12.3. The maximum Gasteiger partial charge on any atom is 0.250 e. The number of benzene rings is 1. The minimum atomic E-state index is -0.425. The van der Waals surface area contributed by atoms with Crippen LogP contribution in [0.5, 0.6) is 5.75 Å². The van der Waals surface area contributed by atoms with Crippen LogP contribution in [0.4, 0.5) is 0 Å². The van der Waals surface area contributed by atoms with Gasteiger partial charge in [0.2, 0.25) is 0 Å². The summed E-state index contributed by atoms with van der Waals surface area (Å²) in [6.07, 6.45) is -0.425. The molecule has 1 aromatic heterocycles. The summed E-state index contributed by atoms with van der Waals surface area (Å²) in [5.74, 6) is 0.734. The number of hydrogen-bond donors (Lipinski definition) is 2. The van der Waals surface area contributed by atoms with Crippen LogP contribution < -0.4 is 15.4 Å². The minimum Gasteiger partial charge on any atom is -0.497 e. The molecule has 0 spiro atoms. The molecule has 0 aliphatic carbocycles. The number of morpholine rings is 1. The van der Waals surface area contributed by atoms with Gasteiger partial charge in [-0.05, 0) is 38.1 Å². The Labute approximate surface area is 163 Å². The van der Waals surface area contributed by atoms with Gasteiger partial charge < -0.3 is 20.1 Å². The van der Waals surface area contributed by atoms with Gasteiger partial charge in [0.25, 0.3) is 5.91 Å². The van der Waals surface area contributed by atoms with Gasteiger partial charge in [0, 0.05) is 18.7 Å². The zero-order chi connectivity index (χ0) is 17.8. The van der Waals surface area contributed by atoms with Crippen LogP contribution in [0, 0.1) is 6.92 Å². The zero-order valence-corrected chi connectivity index (χ0v) is 16.7. The molecule has 1 aliphatic rings. The third kappa shape index (κ3) is 4.73. The van der Waals surface area contributed by atoms with E-state index in [0.29, 0.717) is 13.2 Å². The number of ether oxygens (including phenoxy) is 2. The Balaban J connectivity index is 0.00000243. The van der Waals surface area contributed by atoms with Crippen LogP contribution in [0.25, 0.3) is 10.6 Å². The van der Waals surface area contributed by atoms with Gasteiger partial charge in [-0.15, -0.1) is 23.7 Å². The molecule has 1 fully saturated rings. The lowest BCUT2D eigenvalue weighted by Gasteiger charge is -2.24. The summed E-state index contributed by atoms with van der Waals surface area (Å²) >= 11 is 1.60. The van der Waals surface area contributed by atoms with Gasteiger partial charge in [0.15, 0.2) is 0 Å². The molecule has 0 radical (unpaired) electrons. The average molecular weight is 398 g/mol. The van der Waals surface area contributed by atoms with Crippen LogP contribution in [0.3, 0.4) is 0 Å². The van der Waals surface area contributed by atoms with Crippen molar-refractivity contribution in [1.82, 2.24) is 15.6 Å². The lowest BCUT2D eigenvalue weighted by atomic mass is 10.2. The lowest BCUT2D eigenvalue weighted by Crippen LogP contribution is -2.48. The van der Waals surface area contributed by atoms with Crippen molar-refractivity contribution in [3.05, 3.63) is 34.8 Å². The van der Waals surface area contributed by atoms with Crippen molar-refractivity contribution in [2.24, 2.45) is 0 Å². The van der Waals surface area contributed by atoms with Crippen LogP contribution in [-0.2, 0) is 9.53 Å². The van der Waals surface area contributed by atoms with E-state index in [1.807, 2.05) is 38.1 Å². The molecule has 1 amide bonds. The predicted molar refractivity (Wildman–Crippen MR) is 105 cm³/mol. The van der Waals surface area contributed by atoms with Gasteiger partial charge >= 0.3 is 0 Å². The molecule has 2 unspecified atom stereocenters. The molecule has 2 N–H and O–H groups in total. The Bertz CT molecular complexity index is 730. The number of halogens is 1. The summed E-state index contributed by atoms with van der Waals surface area (Å²) in [6, 6.07) is 7.72. The van der Waals surface area contributed by atoms with Crippen molar-refractivity contribution in [2.45, 2.75) is 26.0 Å². The fourth-order valence-corrected chi connectivity index (χ4v) is 3.85. The number of aryl methyl sites for hydroxylation is 1. The SMILES string of the molecule is COc1ccc(-c2nc(C)c(C(C)NC(=O)C3CNCCO3)s2)cc1.Cl. The number of thiazole rings is 1. The molecule has 6 nitrogen and oxygen atoms in total. The number of methoxy groups -OCH3 is 1. The summed E-state index contributed by atoms with van der Waals surface area (Å²) in [5.41, 5.74) is 1.98. The van der Waals surface area contributed by atoms with Crippen LogP contribution in [0.1, 0.15) is 23.5 Å². The number of amides is 1. The van der Waals surface area contributed by atoms with Crippen molar-refractivity contribution >= 4 is 29.7 Å². The Hall–Kier alpha value is -1.67. The summed E-state index contributed by atoms with van der Waals surface area (Å²) in [5, 5.41) is 7.14. The van der Waals surface area contributed by atoms with Crippen LogP contribution >= 0.6 is 23.7 Å². The number of hydrogen-bond acceptors (Lipinski definition) is 6. The first-order chi connectivity index (χ1) is 12.1. The largest absolute Gasteiger partial charge is 0.497 e. The molecule has 142 valence electrons. The number of aromatic nitrogens is 1. The van der Waals surface area contributed by atoms with E-state index < -0.39 is 6.10 Å². The normalized spacial score (nSPS) is 17.9. The molecule has 1 aliphatic heterocycles. The fraction of sp³-hybridized carbons (Fsp3) is 0.444. The van der Waals surface area contributed by atoms with Crippen molar-refractivity contribution in [3.8, 4) is 16.3 Å². The molecule has 3 rings (SSSR count). The first kappa shape index (κ1) is 20.6. The van der Waals surface area contributed by atoms with Crippen LogP contribution in [-0.4, -0.2) is 43.8 Å². The number of carbonyl (C=O) groups excluding carboxylic acids is 1. The molecule has 8 heteroatoms. The highest BCUT2D eigenvalue weighted by atomic mass is 35.5. The first-order valence-corrected chi connectivity index (χ1v) is 9.14. The van der Waals surface area contributed by atoms with Gasteiger partial charge in [-0.3, -0.25) is 4.79 Å². The lowest BCUT2D eigenvalue weighted by molar-refractivity contribution is -0.134. The maximum atomic E-state index is 12.3. The second-order valence-electron chi connectivity index (χ2n) is 5.99. The number of nitrogens with zero attached hydrogens (tertiary/aromatic N) is 1. The topological polar surface area (TPSA) is 72.5 Å². The van der Waals surface area contributed by atoms with Crippen molar-refractivity contribution in [1.29, 1.82) is 0 Å². The Morgan fingerprint density at radius 3 is 2.77 bits per heavy atom. The molecular weight excluding hydrogens is 374 g/mol. The minimum absolute atomic E-state index is 0. The average Bonchev–Trinajstić information content (AvgIpc) is 3.04. The van der Waals surface area contributed by atoms with Crippen molar-refractivity contribution < 1.29 is 14.3 Å². The van der Waals surface area contributed by atoms with E-state index in [1.165, 1.54) is 0 Å². The van der Waals surface area contributed by atoms with Crippen LogP contribution in [0.15, 0.2) is 24.3 Å². The van der Waals surface area contributed by atoms with E-state index in [2.05, 4.69) is 15.6 Å². The summed E-state index contributed by atoms with van der Waals surface area (Å²) in [4.78, 5) is 18.1. The molecule has 0 bridgehead atoms. The molecule has 0 saturated carbocycles. The molecule has 2 heterocycles. The smallest absolute Gasteiger partial charge is 0.250 e. The van der Waals surface area contributed by atoms with Gasteiger partial charge in [0.1, 0.15) is 16.9 Å². The molecule has 2 aromatic rings.